The van der Waals surface area contributed by atoms with Gasteiger partial charge in [0.1, 0.15) is 5.84 Å². The second-order valence-corrected chi connectivity index (χ2v) is 8.03. The zero-order valence-electron chi connectivity index (χ0n) is 15.7. The molecule has 0 unspecified atom stereocenters. The largest absolute Gasteiger partial charge is 0.306 e. The van der Waals surface area contributed by atoms with Crippen molar-refractivity contribution < 1.29 is 0 Å². The van der Waals surface area contributed by atoms with Crippen molar-refractivity contribution in [2.45, 2.75) is 31.2 Å². The summed E-state index contributed by atoms with van der Waals surface area (Å²) in [5.74, 6) is 1.05. The van der Waals surface area contributed by atoms with E-state index >= 15 is 0 Å². The number of hydrogen-bond donors (Lipinski definition) is 2. The lowest BCUT2D eigenvalue weighted by Gasteiger charge is -2.42. The van der Waals surface area contributed by atoms with E-state index in [2.05, 4.69) is 75.6 Å². The van der Waals surface area contributed by atoms with Gasteiger partial charge in [0.15, 0.2) is 0 Å². The first-order valence-electron chi connectivity index (χ1n) is 9.48. The van der Waals surface area contributed by atoms with Crippen molar-refractivity contribution >= 4 is 17.4 Å². The molecule has 2 aliphatic rings. The van der Waals surface area contributed by atoms with Gasteiger partial charge in [0.25, 0.3) is 0 Å². The quantitative estimate of drug-likeness (QED) is 0.828. The van der Waals surface area contributed by atoms with Crippen molar-refractivity contribution in [1.29, 1.82) is 0 Å². The van der Waals surface area contributed by atoms with Crippen LogP contribution in [0.4, 0.5) is 0 Å². The Balaban J connectivity index is 1.54. The highest BCUT2D eigenvalue weighted by Crippen LogP contribution is 2.39. The summed E-state index contributed by atoms with van der Waals surface area (Å²) < 4.78 is 0. The van der Waals surface area contributed by atoms with Crippen molar-refractivity contribution in [2.24, 2.45) is 5.10 Å². The highest BCUT2D eigenvalue weighted by atomic mass is 35.5. The first-order chi connectivity index (χ1) is 13.1. The molecule has 4 rings (SSSR count). The Hall–Kier alpha value is -2.08. The molecule has 0 bridgehead atoms. The molecule has 2 aromatic carbocycles. The van der Waals surface area contributed by atoms with E-state index in [-0.39, 0.29) is 5.41 Å². The smallest absolute Gasteiger partial charge is 0.143 e. The first kappa shape index (κ1) is 18.3. The number of halogens is 1. The molecule has 0 spiro atoms. The number of rotatable bonds is 5. The Kier molecular flexibility index (Phi) is 5.34. The molecule has 0 aliphatic carbocycles. The number of hydrazone groups is 1. The molecule has 0 saturated carbocycles. The predicted octanol–water partition coefficient (Wildman–Crippen LogP) is 3.53. The Bertz CT molecular complexity index is 782. The van der Waals surface area contributed by atoms with Gasteiger partial charge in [0.05, 0.1) is 6.54 Å². The summed E-state index contributed by atoms with van der Waals surface area (Å²) in [7, 11) is 2.21. The van der Waals surface area contributed by atoms with Gasteiger partial charge in [-0.05, 0) is 56.2 Å². The average molecular weight is 384 g/mol. The Morgan fingerprint density at radius 2 is 1.74 bits per heavy atom. The predicted molar refractivity (Wildman–Crippen MR) is 110 cm³/mol. The van der Waals surface area contributed by atoms with Crippen molar-refractivity contribution in [2.75, 3.05) is 20.1 Å². The summed E-state index contributed by atoms with van der Waals surface area (Å²) in [6, 6.07) is 18.9. The fourth-order valence-electron chi connectivity index (χ4n) is 4.02. The highest BCUT2D eigenvalue weighted by Gasteiger charge is 2.38. The van der Waals surface area contributed by atoms with E-state index in [1.807, 2.05) is 12.1 Å². The third-order valence-electron chi connectivity index (χ3n) is 5.76. The number of hydrazine groups is 2. The molecular formula is C21H26ClN5. The van der Waals surface area contributed by atoms with Crippen molar-refractivity contribution in [3.05, 3.63) is 70.7 Å². The molecular weight excluding hydrogens is 358 g/mol. The lowest BCUT2D eigenvalue weighted by Crippen LogP contribution is -2.46. The number of amidine groups is 1. The summed E-state index contributed by atoms with van der Waals surface area (Å²) in [4.78, 5) is 2.42. The summed E-state index contributed by atoms with van der Waals surface area (Å²) in [5.41, 5.74) is 8.86. The maximum atomic E-state index is 6.01. The Labute approximate surface area is 165 Å². The monoisotopic (exact) mass is 383 g/mol. The van der Waals surface area contributed by atoms with E-state index in [0.29, 0.717) is 0 Å². The molecule has 0 amide bonds. The molecule has 5 nitrogen and oxygen atoms in total. The second-order valence-electron chi connectivity index (χ2n) is 7.59. The summed E-state index contributed by atoms with van der Waals surface area (Å²) >= 11 is 6.01. The van der Waals surface area contributed by atoms with Crippen LogP contribution in [0.15, 0.2) is 59.7 Å². The molecule has 6 heteroatoms. The standard InChI is InChI=1S/C21H26ClN5/c1-26-13-11-21(12-14-26,18-5-3-2-4-6-18)15-20-23-24-25-27(20)16-17-7-9-19(22)10-8-17/h2-10,24-25H,11-16H2,1H3. The van der Waals surface area contributed by atoms with E-state index in [1.54, 1.807) is 0 Å². The first-order valence-corrected chi connectivity index (χ1v) is 9.86. The van der Waals surface area contributed by atoms with Crippen LogP contribution in [0.5, 0.6) is 0 Å². The van der Waals surface area contributed by atoms with Gasteiger partial charge in [0.2, 0.25) is 0 Å². The molecule has 2 aliphatic heterocycles. The molecule has 2 aromatic rings. The number of piperidine rings is 1. The number of nitrogens with one attached hydrogen (secondary N) is 2. The zero-order chi connectivity index (χ0) is 18.7. The Morgan fingerprint density at radius 1 is 1.04 bits per heavy atom. The summed E-state index contributed by atoms with van der Waals surface area (Å²) in [6.07, 6.45) is 3.20. The van der Waals surface area contributed by atoms with Crippen molar-refractivity contribution in [3.63, 3.8) is 0 Å². The van der Waals surface area contributed by atoms with Crippen LogP contribution in [0.25, 0.3) is 0 Å². The van der Waals surface area contributed by atoms with Crippen LogP contribution in [-0.4, -0.2) is 35.9 Å². The fraction of sp³-hybridized carbons (Fsp3) is 0.381. The van der Waals surface area contributed by atoms with E-state index in [4.69, 9.17) is 11.6 Å². The highest BCUT2D eigenvalue weighted by molar-refractivity contribution is 6.30. The van der Waals surface area contributed by atoms with Crippen LogP contribution in [0.2, 0.25) is 5.02 Å². The maximum Gasteiger partial charge on any atom is 0.143 e. The average Bonchev–Trinajstić information content (AvgIpc) is 3.13. The SMILES string of the molecule is CN1CCC(CC2=NNNN2Cc2ccc(Cl)cc2)(c2ccccc2)CC1. The molecule has 0 atom stereocenters. The van der Waals surface area contributed by atoms with Gasteiger partial charge >= 0.3 is 0 Å². The van der Waals surface area contributed by atoms with E-state index in [1.165, 1.54) is 11.1 Å². The molecule has 27 heavy (non-hydrogen) atoms. The van der Waals surface area contributed by atoms with Crippen LogP contribution in [-0.2, 0) is 12.0 Å². The molecule has 0 radical (unpaired) electrons. The summed E-state index contributed by atoms with van der Waals surface area (Å²) in [5, 5.41) is 7.42. The molecule has 1 fully saturated rings. The number of likely N-dealkylation sites (tertiary alicyclic amines) is 1. The lowest BCUT2D eigenvalue weighted by atomic mass is 9.70. The van der Waals surface area contributed by atoms with Crippen LogP contribution < -0.4 is 11.1 Å². The minimum atomic E-state index is 0.124. The number of nitrogens with zero attached hydrogens (tertiary/aromatic N) is 3. The third-order valence-corrected chi connectivity index (χ3v) is 6.01. The van der Waals surface area contributed by atoms with Crippen molar-refractivity contribution in [1.82, 2.24) is 21.0 Å². The Morgan fingerprint density at radius 3 is 2.44 bits per heavy atom. The molecule has 2 N–H and O–H groups in total. The zero-order valence-corrected chi connectivity index (χ0v) is 16.4. The van der Waals surface area contributed by atoms with Gasteiger partial charge in [-0.1, -0.05) is 54.1 Å². The van der Waals surface area contributed by atoms with Gasteiger partial charge in [0, 0.05) is 16.9 Å². The van der Waals surface area contributed by atoms with Gasteiger partial charge < -0.3 is 4.90 Å². The third kappa shape index (κ3) is 4.10. The van der Waals surface area contributed by atoms with Gasteiger partial charge in [-0.25, -0.2) is 5.53 Å². The van der Waals surface area contributed by atoms with E-state index in [9.17, 15) is 0 Å². The number of hydrogen-bond acceptors (Lipinski definition) is 5. The normalized spacial score (nSPS) is 19.6. The minimum absolute atomic E-state index is 0.124. The van der Waals surface area contributed by atoms with Crippen LogP contribution in [0.3, 0.4) is 0 Å². The fourth-order valence-corrected chi connectivity index (χ4v) is 4.15. The van der Waals surface area contributed by atoms with Gasteiger partial charge in [-0.3, -0.25) is 5.01 Å². The van der Waals surface area contributed by atoms with E-state index in [0.717, 1.165) is 49.8 Å². The molecule has 0 aromatic heterocycles. The molecule has 142 valence electrons. The summed E-state index contributed by atoms with van der Waals surface area (Å²) in [6.45, 7) is 2.97. The second kappa shape index (κ2) is 7.89. The number of benzene rings is 2. The minimum Gasteiger partial charge on any atom is -0.306 e. The molecule has 2 heterocycles. The molecule has 1 saturated heterocycles. The topological polar surface area (TPSA) is 42.9 Å². The van der Waals surface area contributed by atoms with Gasteiger partial charge in [-0.2, -0.15) is 0 Å². The lowest BCUT2D eigenvalue weighted by molar-refractivity contribution is 0.185. The van der Waals surface area contributed by atoms with Gasteiger partial charge in [-0.15, -0.1) is 10.6 Å². The van der Waals surface area contributed by atoms with Crippen LogP contribution in [0.1, 0.15) is 30.4 Å². The van der Waals surface area contributed by atoms with Crippen molar-refractivity contribution in [3.8, 4) is 0 Å². The van der Waals surface area contributed by atoms with E-state index < -0.39 is 0 Å². The van der Waals surface area contributed by atoms with Crippen LogP contribution >= 0.6 is 11.6 Å². The van der Waals surface area contributed by atoms with Crippen LogP contribution in [0, 0.1) is 0 Å². The maximum absolute atomic E-state index is 6.01.